The Balaban J connectivity index is 1.45. The van der Waals surface area contributed by atoms with Crippen LogP contribution >= 0.6 is 27.3 Å². The second kappa shape index (κ2) is 10.7. The molecule has 1 aromatic heterocycles. The van der Waals surface area contributed by atoms with Crippen LogP contribution < -0.4 is 15.4 Å². The normalized spacial score (nSPS) is 10.7. The van der Waals surface area contributed by atoms with E-state index in [1.54, 1.807) is 25.3 Å². The van der Waals surface area contributed by atoms with Crippen LogP contribution in [0.1, 0.15) is 20.9 Å². The summed E-state index contributed by atoms with van der Waals surface area (Å²) in [6.45, 7) is 0.422. The van der Waals surface area contributed by atoms with E-state index in [2.05, 4.69) is 36.8 Å². The van der Waals surface area contributed by atoms with Crippen LogP contribution in [0, 0.1) is 0 Å². The number of ether oxygens (including phenoxy) is 1. The van der Waals surface area contributed by atoms with Crippen molar-refractivity contribution in [1.29, 1.82) is 0 Å². The van der Waals surface area contributed by atoms with Gasteiger partial charge in [-0.25, -0.2) is 0 Å². The summed E-state index contributed by atoms with van der Waals surface area (Å²) in [5, 5.41) is 14.7. The van der Waals surface area contributed by atoms with E-state index >= 15 is 0 Å². The number of benzene rings is 2. The average Bonchev–Trinajstić information content (AvgIpc) is 3.19. The number of hydrogen-bond acceptors (Lipinski definition) is 6. The summed E-state index contributed by atoms with van der Waals surface area (Å²) in [5.74, 6) is 0.306. The van der Waals surface area contributed by atoms with Crippen LogP contribution in [0.25, 0.3) is 6.08 Å². The third-order valence-electron chi connectivity index (χ3n) is 3.95. The fourth-order valence-electron chi connectivity index (χ4n) is 2.45. The zero-order chi connectivity index (χ0) is 21.3. The number of carbonyl (C=O) groups excluding carboxylic acids is 2. The van der Waals surface area contributed by atoms with Gasteiger partial charge in [0.2, 0.25) is 11.0 Å². The van der Waals surface area contributed by atoms with Crippen molar-refractivity contribution in [2.75, 3.05) is 19.0 Å². The number of amides is 2. The SMILES string of the molecule is COc1ccc(/C=C/C(=O)Nc2nnc(CCNC(=O)c3cccc(Br)c3)s2)cc1. The first-order valence-corrected chi connectivity index (χ1v) is 10.6. The quantitative estimate of drug-likeness (QED) is 0.470. The molecule has 0 fully saturated rings. The molecule has 0 aliphatic heterocycles. The molecular weight excluding hydrogens is 468 g/mol. The lowest BCUT2D eigenvalue weighted by Crippen LogP contribution is -2.25. The van der Waals surface area contributed by atoms with Crippen LogP contribution in [0.15, 0.2) is 59.1 Å². The second-order valence-corrected chi connectivity index (χ2v) is 8.09. The maximum absolute atomic E-state index is 12.1. The fourth-order valence-corrected chi connectivity index (χ4v) is 3.60. The summed E-state index contributed by atoms with van der Waals surface area (Å²) in [6.07, 6.45) is 3.66. The van der Waals surface area contributed by atoms with Crippen LogP contribution in [-0.4, -0.2) is 35.7 Å². The van der Waals surface area contributed by atoms with E-state index in [1.165, 1.54) is 17.4 Å². The second-order valence-electron chi connectivity index (χ2n) is 6.11. The maximum Gasteiger partial charge on any atom is 0.251 e. The summed E-state index contributed by atoms with van der Waals surface area (Å²) in [5.41, 5.74) is 1.46. The predicted molar refractivity (Wildman–Crippen MR) is 121 cm³/mol. The van der Waals surface area contributed by atoms with Crippen LogP contribution in [0.2, 0.25) is 0 Å². The lowest BCUT2D eigenvalue weighted by atomic mass is 10.2. The molecule has 3 aromatic rings. The zero-order valence-corrected chi connectivity index (χ0v) is 18.5. The molecule has 0 aliphatic carbocycles. The minimum absolute atomic E-state index is 0.155. The molecular formula is C21H19BrN4O3S. The van der Waals surface area contributed by atoms with E-state index in [0.717, 1.165) is 20.8 Å². The Bertz CT molecular complexity index is 1050. The van der Waals surface area contributed by atoms with E-state index < -0.39 is 0 Å². The van der Waals surface area contributed by atoms with E-state index in [9.17, 15) is 9.59 Å². The Morgan fingerprint density at radius 2 is 1.97 bits per heavy atom. The Labute approximate surface area is 186 Å². The van der Waals surface area contributed by atoms with Gasteiger partial charge in [0.1, 0.15) is 10.8 Å². The van der Waals surface area contributed by atoms with Gasteiger partial charge in [-0.15, -0.1) is 10.2 Å². The monoisotopic (exact) mass is 486 g/mol. The van der Waals surface area contributed by atoms with Gasteiger partial charge in [0.15, 0.2) is 0 Å². The molecule has 2 aromatic carbocycles. The number of rotatable bonds is 8. The summed E-state index contributed by atoms with van der Waals surface area (Å²) in [6, 6.07) is 14.5. The molecule has 0 spiro atoms. The molecule has 0 atom stereocenters. The Kier molecular flexibility index (Phi) is 7.69. The van der Waals surface area contributed by atoms with Gasteiger partial charge < -0.3 is 10.1 Å². The first kappa shape index (κ1) is 21.7. The van der Waals surface area contributed by atoms with Crippen molar-refractivity contribution >= 4 is 50.3 Å². The number of halogens is 1. The number of carbonyl (C=O) groups is 2. The van der Waals surface area contributed by atoms with Crippen molar-refractivity contribution in [1.82, 2.24) is 15.5 Å². The largest absolute Gasteiger partial charge is 0.497 e. The van der Waals surface area contributed by atoms with Gasteiger partial charge in [0.05, 0.1) is 7.11 Å². The smallest absolute Gasteiger partial charge is 0.251 e. The third kappa shape index (κ3) is 6.50. The van der Waals surface area contributed by atoms with Crippen molar-refractivity contribution in [3.63, 3.8) is 0 Å². The summed E-state index contributed by atoms with van der Waals surface area (Å²) < 4.78 is 5.95. The first-order chi connectivity index (χ1) is 14.5. The number of aromatic nitrogens is 2. The molecule has 0 saturated heterocycles. The zero-order valence-electron chi connectivity index (χ0n) is 16.1. The van der Waals surface area contributed by atoms with Crippen molar-refractivity contribution in [3.8, 4) is 5.75 Å². The Morgan fingerprint density at radius 1 is 1.17 bits per heavy atom. The molecule has 30 heavy (non-hydrogen) atoms. The van der Waals surface area contributed by atoms with E-state index in [1.807, 2.05) is 36.4 Å². The highest BCUT2D eigenvalue weighted by Gasteiger charge is 2.09. The standard InChI is InChI=1S/C21H19BrN4O3S/c1-29-17-8-5-14(6-9-17)7-10-18(27)24-21-26-25-19(30-21)11-12-23-20(28)15-3-2-4-16(22)13-15/h2-10,13H,11-12H2,1H3,(H,23,28)(H,24,26,27)/b10-7+. The van der Waals surface area contributed by atoms with Crippen LogP contribution in [-0.2, 0) is 11.2 Å². The molecule has 0 aliphatic rings. The maximum atomic E-state index is 12.1. The molecule has 1 heterocycles. The molecule has 0 radical (unpaired) electrons. The van der Waals surface area contributed by atoms with Crippen LogP contribution in [0.4, 0.5) is 5.13 Å². The molecule has 7 nitrogen and oxygen atoms in total. The molecule has 2 N–H and O–H groups in total. The fraction of sp³-hybridized carbons (Fsp3) is 0.143. The van der Waals surface area contributed by atoms with Crippen LogP contribution in [0.5, 0.6) is 5.75 Å². The minimum Gasteiger partial charge on any atom is -0.497 e. The van der Waals surface area contributed by atoms with E-state index in [0.29, 0.717) is 23.7 Å². The highest BCUT2D eigenvalue weighted by Crippen LogP contribution is 2.16. The summed E-state index contributed by atoms with van der Waals surface area (Å²) >= 11 is 4.62. The molecule has 154 valence electrons. The highest BCUT2D eigenvalue weighted by atomic mass is 79.9. The van der Waals surface area contributed by atoms with Gasteiger partial charge in [-0.2, -0.15) is 0 Å². The number of anilines is 1. The molecule has 0 saturated carbocycles. The Hall–Kier alpha value is -3.04. The van der Waals surface area contributed by atoms with Gasteiger partial charge in [0, 0.05) is 29.1 Å². The third-order valence-corrected chi connectivity index (χ3v) is 5.34. The van der Waals surface area contributed by atoms with Crippen LogP contribution in [0.3, 0.4) is 0 Å². The molecule has 0 bridgehead atoms. The predicted octanol–water partition coefficient (Wildman–Crippen LogP) is 3.93. The highest BCUT2D eigenvalue weighted by molar-refractivity contribution is 9.10. The van der Waals surface area contributed by atoms with Gasteiger partial charge >= 0.3 is 0 Å². The number of nitrogens with zero attached hydrogens (tertiary/aromatic N) is 2. The van der Waals surface area contributed by atoms with Crippen molar-refractivity contribution < 1.29 is 14.3 Å². The number of methoxy groups -OCH3 is 1. The van der Waals surface area contributed by atoms with E-state index in [-0.39, 0.29) is 11.8 Å². The van der Waals surface area contributed by atoms with Gasteiger partial charge in [-0.3, -0.25) is 14.9 Å². The lowest BCUT2D eigenvalue weighted by molar-refractivity contribution is -0.111. The minimum atomic E-state index is -0.295. The first-order valence-electron chi connectivity index (χ1n) is 9.03. The molecule has 2 amide bonds. The topological polar surface area (TPSA) is 93.2 Å². The Morgan fingerprint density at radius 3 is 2.70 bits per heavy atom. The number of hydrogen-bond donors (Lipinski definition) is 2. The molecule has 0 unspecified atom stereocenters. The summed E-state index contributed by atoms with van der Waals surface area (Å²) in [4.78, 5) is 24.2. The van der Waals surface area contributed by atoms with Crippen molar-refractivity contribution in [2.24, 2.45) is 0 Å². The van der Waals surface area contributed by atoms with E-state index in [4.69, 9.17) is 4.74 Å². The van der Waals surface area contributed by atoms with Crippen molar-refractivity contribution in [2.45, 2.75) is 6.42 Å². The van der Waals surface area contributed by atoms with Gasteiger partial charge in [-0.05, 0) is 42.0 Å². The molecule has 3 rings (SSSR count). The average molecular weight is 487 g/mol. The van der Waals surface area contributed by atoms with Gasteiger partial charge in [0.25, 0.3) is 5.91 Å². The van der Waals surface area contributed by atoms with Crippen molar-refractivity contribution in [3.05, 3.63) is 75.2 Å². The number of nitrogens with one attached hydrogen (secondary N) is 2. The lowest BCUT2D eigenvalue weighted by Gasteiger charge is -2.04. The molecule has 9 heteroatoms. The summed E-state index contributed by atoms with van der Waals surface area (Å²) in [7, 11) is 1.60. The van der Waals surface area contributed by atoms with Gasteiger partial charge in [-0.1, -0.05) is 45.5 Å².